The fourth-order valence-electron chi connectivity index (χ4n) is 1.90. The predicted octanol–water partition coefficient (Wildman–Crippen LogP) is 3.01. The normalized spacial score (nSPS) is 11.4. The van der Waals surface area contributed by atoms with Crippen molar-refractivity contribution < 1.29 is 19.2 Å². The average Bonchev–Trinajstić information content (AvgIpc) is 2.55. The van der Waals surface area contributed by atoms with Crippen LogP contribution in [0.1, 0.15) is 6.92 Å². The number of benzene rings is 2. The molecule has 1 amide bonds. The Bertz CT molecular complexity index is 717. The van der Waals surface area contributed by atoms with E-state index in [-0.39, 0.29) is 11.4 Å². The minimum absolute atomic E-state index is 0.0470. The predicted molar refractivity (Wildman–Crippen MR) is 84.8 cm³/mol. The number of nitrogens with zero attached hydrogens (tertiary/aromatic N) is 1. The van der Waals surface area contributed by atoms with Crippen LogP contribution in [0.2, 0.25) is 0 Å². The third-order valence-electron chi connectivity index (χ3n) is 3.07. The minimum atomic E-state index is -0.901. The van der Waals surface area contributed by atoms with Gasteiger partial charge in [0, 0.05) is 17.8 Å². The SMILES string of the molecule is COc1cccc(NC(=O)[C@H](C)Oc2ccccc2[N+](=O)[O-])c1. The molecule has 0 heterocycles. The molecule has 0 spiro atoms. The Balaban J connectivity index is 2.07. The van der Waals surface area contributed by atoms with Crippen molar-refractivity contribution in [1.29, 1.82) is 0 Å². The van der Waals surface area contributed by atoms with Crippen molar-refractivity contribution >= 4 is 17.3 Å². The molecule has 0 aromatic heterocycles. The molecule has 2 rings (SSSR count). The highest BCUT2D eigenvalue weighted by molar-refractivity contribution is 5.94. The van der Waals surface area contributed by atoms with Crippen LogP contribution in [0.5, 0.6) is 11.5 Å². The van der Waals surface area contributed by atoms with Crippen molar-refractivity contribution in [3.05, 3.63) is 58.6 Å². The van der Waals surface area contributed by atoms with Crippen molar-refractivity contribution in [2.75, 3.05) is 12.4 Å². The standard InChI is InChI=1S/C16H16N2O5/c1-11(23-15-9-4-3-8-14(15)18(20)21)16(19)17-12-6-5-7-13(10-12)22-2/h3-11H,1-2H3,(H,17,19)/t11-/m0/s1. The van der Waals surface area contributed by atoms with Crippen LogP contribution in [0.3, 0.4) is 0 Å². The smallest absolute Gasteiger partial charge is 0.310 e. The maximum Gasteiger partial charge on any atom is 0.310 e. The third kappa shape index (κ3) is 4.19. The van der Waals surface area contributed by atoms with Crippen LogP contribution in [-0.4, -0.2) is 24.0 Å². The Morgan fingerprint density at radius 3 is 2.65 bits per heavy atom. The summed E-state index contributed by atoms with van der Waals surface area (Å²) >= 11 is 0. The molecule has 0 radical (unpaired) electrons. The monoisotopic (exact) mass is 316 g/mol. The average molecular weight is 316 g/mol. The van der Waals surface area contributed by atoms with E-state index in [1.165, 1.54) is 32.2 Å². The Labute approximate surface area is 133 Å². The number of carbonyl (C=O) groups is 1. The van der Waals surface area contributed by atoms with Gasteiger partial charge in [-0.05, 0) is 25.1 Å². The lowest BCUT2D eigenvalue weighted by Crippen LogP contribution is -2.30. The molecule has 0 aliphatic carbocycles. The van der Waals surface area contributed by atoms with Gasteiger partial charge in [-0.1, -0.05) is 18.2 Å². The van der Waals surface area contributed by atoms with E-state index in [1.54, 1.807) is 30.3 Å². The van der Waals surface area contributed by atoms with Crippen LogP contribution >= 0.6 is 0 Å². The van der Waals surface area contributed by atoms with E-state index in [2.05, 4.69) is 5.32 Å². The molecule has 1 atom stereocenters. The molecular formula is C16H16N2O5. The Hall–Kier alpha value is -3.09. The largest absolute Gasteiger partial charge is 0.497 e. The molecule has 0 aliphatic heterocycles. The number of rotatable bonds is 6. The number of hydrogen-bond donors (Lipinski definition) is 1. The highest BCUT2D eigenvalue weighted by Gasteiger charge is 2.20. The molecule has 7 nitrogen and oxygen atoms in total. The number of ether oxygens (including phenoxy) is 2. The van der Waals surface area contributed by atoms with Crippen LogP contribution < -0.4 is 14.8 Å². The van der Waals surface area contributed by atoms with Crippen molar-refractivity contribution in [1.82, 2.24) is 0 Å². The first-order valence-corrected chi connectivity index (χ1v) is 6.86. The van der Waals surface area contributed by atoms with Gasteiger partial charge in [-0.15, -0.1) is 0 Å². The number of carbonyl (C=O) groups excluding carboxylic acids is 1. The molecule has 23 heavy (non-hydrogen) atoms. The summed E-state index contributed by atoms with van der Waals surface area (Å²) in [6, 6.07) is 12.8. The Kier molecular flexibility index (Phi) is 5.14. The van der Waals surface area contributed by atoms with E-state index in [9.17, 15) is 14.9 Å². The van der Waals surface area contributed by atoms with Gasteiger partial charge < -0.3 is 14.8 Å². The van der Waals surface area contributed by atoms with E-state index in [0.717, 1.165) is 0 Å². The number of nitrogens with one attached hydrogen (secondary N) is 1. The van der Waals surface area contributed by atoms with Crippen LogP contribution in [0.4, 0.5) is 11.4 Å². The van der Waals surface area contributed by atoms with E-state index in [1.807, 2.05) is 0 Å². The molecule has 1 N–H and O–H groups in total. The minimum Gasteiger partial charge on any atom is -0.497 e. The summed E-state index contributed by atoms with van der Waals surface area (Å²) in [6.45, 7) is 1.52. The number of anilines is 1. The molecule has 7 heteroatoms. The number of nitro benzene ring substituents is 1. The number of nitro groups is 1. The molecule has 0 saturated heterocycles. The number of amides is 1. The van der Waals surface area contributed by atoms with E-state index < -0.39 is 16.9 Å². The molecule has 0 unspecified atom stereocenters. The highest BCUT2D eigenvalue weighted by atomic mass is 16.6. The first-order chi connectivity index (χ1) is 11.0. The van der Waals surface area contributed by atoms with E-state index in [4.69, 9.17) is 9.47 Å². The first-order valence-electron chi connectivity index (χ1n) is 6.86. The zero-order chi connectivity index (χ0) is 16.8. The topological polar surface area (TPSA) is 90.7 Å². The van der Waals surface area contributed by atoms with Gasteiger partial charge in [0.2, 0.25) is 0 Å². The van der Waals surface area contributed by atoms with Gasteiger partial charge in [0.1, 0.15) is 5.75 Å². The van der Waals surface area contributed by atoms with Crippen LogP contribution in [0, 0.1) is 10.1 Å². The number of para-hydroxylation sites is 2. The maximum absolute atomic E-state index is 12.2. The molecule has 0 bridgehead atoms. The second-order valence-corrected chi connectivity index (χ2v) is 4.71. The lowest BCUT2D eigenvalue weighted by atomic mass is 10.2. The summed E-state index contributed by atoms with van der Waals surface area (Å²) in [4.78, 5) is 22.5. The molecule has 0 saturated carbocycles. The van der Waals surface area contributed by atoms with Gasteiger partial charge in [0.15, 0.2) is 11.9 Å². The molecular weight excluding hydrogens is 300 g/mol. The Morgan fingerprint density at radius 1 is 1.22 bits per heavy atom. The first kappa shape index (κ1) is 16.3. The Morgan fingerprint density at radius 2 is 1.96 bits per heavy atom. The second kappa shape index (κ2) is 7.26. The van der Waals surface area contributed by atoms with Gasteiger partial charge >= 0.3 is 5.69 Å². The number of hydrogen-bond acceptors (Lipinski definition) is 5. The van der Waals surface area contributed by atoms with Gasteiger partial charge in [0.25, 0.3) is 5.91 Å². The molecule has 2 aromatic rings. The zero-order valence-corrected chi connectivity index (χ0v) is 12.7. The second-order valence-electron chi connectivity index (χ2n) is 4.71. The van der Waals surface area contributed by atoms with Crippen LogP contribution in [0.25, 0.3) is 0 Å². The van der Waals surface area contributed by atoms with Gasteiger partial charge in [-0.25, -0.2) is 0 Å². The summed E-state index contributed by atoms with van der Waals surface area (Å²) < 4.78 is 10.5. The summed E-state index contributed by atoms with van der Waals surface area (Å²) in [5, 5.41) is 13.6. The van der Waals surface area contributed by atoms with Crippen molar-refractivity contribution in [3.8, 4) is 11.5 Å². The van der Waals surface area contributed by atoms with E-state index in [0.29, 0.717) is 11.4 Å². The summed E-state index contributed by atoms with van der Waals surface area (Å²) in [6.07, 6.45) is -0.901. The summed E-state index contributed by atoms with van der Waals surface area (Å²) in [5.74, 6) is 0.234. The van der Waals surface area contributed by atoms with Crippen LogP contribution in [-0.2, 0) is 4.79 Å². The highest BCUT2D eigenvalue weighted by Crippen LogP contribution is 2.27. The van der Waals surface area contributed by atoms with E-state index >= 15 is 0 Å². The molecule has 120 valence electrons. The summed E-state index contributed by atoms with van der Waals surface area (Å²) in [5.41, 5.74) is 0.362. The fourth-order valence-corrected chi connectivity index (χ4v) is 1.90. The van der Waals surface area contributed by atoms with Crippen molar-refractivity contribution in [3.63, 3.8) is 0 Å². The maximum atomic E-state index is 12.2. The van der Waals surface area contributed by atoms with Crippen molar-refractivity contribution in [2.45, 2.75) is 13.0 Å². The van der Waals surface area contributed by atoms with Crippen molar-refractivity contribution in [2.24, 2.45) is 0 Å². The number of methoxy groups -OCH3 is 1. The van der Waals surface area contributed by atoms with Crippen LogP contribution in [0.15, 0.2) is 48.5 Å². The third-order valence-corrected chi connectivity index (χ3v) is 3.07. The fraction of sp³-hybridized carbons (Fsp3) is 0.188. The molecule has 2 aromatic carbocycles. The van der Waals surface area contributed by atoms with Gasteiger partial charge in [-0.2, -0.15) is 0 Å². The van der Waals surface area contributed by atoms with Gasteiger partial charge in [0.05, 0.1) is 12.0 Å². The lowest BCUT2D eigenvalue weighted by molar-refractivity contribution is -0.386. The zero-order valence-electron chi connectivity index (χ0n) is 12.7. The quantitative estimate of drug-likeness (QED) is 0.653. The molecule has 0 aliphatic rings. The lowest BCUT2D eigenvalue weighted by Gasteiger charge is -2.15. The summed E-state index contributed by atoms with van der Waals surface area (Å²) in [7, 11) is 1.53. The van der Waals surface area contributed by atoms with Gasteiger partial charge in [-0.3, -0.25) is 14.9 Å². The molecule has 0 fully saturated rings.